The van der Waals surface area contributed by atoms with Crippen molar-refractivity contribution < 1.29 is 14.3 Å². The number of benzene rings is 2. The molecule has 3 rings (SSSR count). The Hall–Kier alpha value is -2.53. The van der Waals surface area contributed by atoms with E-state index in [4.69, 9.17) is 22.1 Å². The number of hydrogen-bond donors (Lipinski definition) is 2. The van der Waals surface area contributed by atoms with Crippen molar-refractivity contribution in [3.63, 3.8) is 0 Å². The Balaban J connectivity index is 1.71. The summed E-state index contributed by atoms with van der Waals surface area (Å²) in [6.07, 6.45) is 0.766. The van der Waals surface area contributed by atoms with E-state index < -0.39 is 5.91 Å². The van der Waals surface area contributed by atoms with Crippen molar-refractivity contribution in [3.8, 4) is 5.75 Å². The number of hydrogen-bond acceptors (Lipinski definition) is 3. The Morgan fingerprint density at radius 2 is 2.00 bits per heavy atom. The highest BCUT2D eigenvalue weighted by atomic mass is 35.5. The molecule has 124 valence electrons. The number of ether oxygens (including phenoxy) is 1. The van der Waals surface area contributed by atoms with Crippen molar-refractivity contribution in [2.24, 2.45) is 11.7 Å². The van der Waals surface area contributed by atoms with Gasteiger partial charge in [0, 0.05) is 11.6 Å². The lowest BCUT2D eigenvalue weighted by Gasteiger charge is -2.09. The number of carbonyl (C=O) groups is 2. The van der Waals surface area contributed by atoms with Crippen LogP contribution in [0.5, 0.6) is 5.75 Å². The highest BCUT2D eigenvalue weighted by Gasteiger charge is 2.45. The molecule has 2 aromatic rings. The van der Waals surface area contributed by atoms with Crippen LogP contribution >= 0.6 is 11.6 Å². The van der Waals surface area contributed by atoms with Gasteiger partial charge in [-0.1, -0.05) is 29.8 Å². The predicted molar refractivity (Wildman–Crippen MR) is 92.4 cm³/mol. The molecule has 0 bridgehead atoms. The third kappa shape index (κ3) is 3.21. The van der Waals surface area contributed by atoms with Crippen molar-refractivity contribution in [1.82, 2.24) is 0 Å². The summed E-state index contributed by atoms with van der Waals surface area (Å²) < 4.78 is 5.35. The van der Waals surface area contributed by atoms with Gasteiger partial charge in [-0.2, -0.15) is 0 Å². The summed E-state index contributed by atoms with van der Waals surface area (Å²) in [4.78, 5) is 23.7. The van der Waals surface area contributed by atoms with E-state index in [0.29, 0.717) is 5.69 Å². The minimum Gasteiger partial charge on any atom is -0.496 e. The van der Waals surface area contributed by atoms with Gasteiger partial charge in [0.25, 0.3) is 0 Å². The molecule has 3 N–H and O–H groups in total. The molecule has 1 aliphatic carbocycles. The van der Waals surface area contributed by atoms with E-state index >= 15 is 0 Å². The Kier molecular flexibility index (Phi) is 4.44. The molecule has 0 radical (unpaired) electrons. The van der Waals surface area contributed by atoms with Crippen molar-refractivity contribution >= 4 is 29.1 Å². The molecule has 0 heterocycles. The van der Waals surface area contributed by atoms with Crippen LogP contribution in [0, 0.1) is 5.92 Å². The number of rotatable bonds is 5. The molecular weight excluding hydrogens is 328 g/mol. The zero-order valence-electron chi connectivity index (χ0n) is 13.1. The van der Waals surface area contributed by atoms with Crippen molar-refractivity contribution in [3.05, 3.63) is 58.6 Å². The summed E-state index contributed by atoms with van der Waals surface area (Å²) in [5.41, 5.74) is 6.99. The normalized spacial score (nSPS) is 18.8. The third-order valence-corrected chi connectivity index (χ3v) is 4.49. The number of halogens is 1. The number of nitrogens with one attached hydrogen (secondary N) is 1. The number of nitrogens with two attached hydrogens (primary N) is 1. The van der Waals surface area contributed by atoms with E-state index in [9.17, 15) is 9.59 Å². The molecular formula is C18H17ClN2O3. The van der Waals surface area contributed by atoms with Crippen LogP contribution in [0.4, 0.5) is 5.69 Å². The molecule has 2 amide bonds. The van der Waals surface area contributed by atoms with Crippen LogP contribution in [0.15, 0.2) is 42.5 Å². The molecule has 0 aromatic heterocycles. The first kappa shape index (κ1) is 16.3. The average Bonchev–Trinajstić information content (AvgIpc) is 3.37. The zero-order valence-corrected chi connectivity index (χ0v) is 13.8. The first-order valence-electron chi connectivity index (χ1n) is 7.54. The summed E-state index contributed by atoms with van der Waals surface area (Å²) in [7, 11) is 1.62. The summed E-state index contributed by atoms with van der Waals surface area (Å²) in [5, 5.41) is 3.08. The fourth-order valence-electron chi connectivity index (χ4n) is 2.83. The maximum Gasteiger partial charge on any atom is 0.250 e. The van der Waals surface area contributed by atoms with E-state index in [1.807, 2.05) is 24.3 Å². The van der Waals surface area contributed by atoms with Gasteiger partial charge in [-0.15, -0.1) is 0 Å². The molecule has 5 nitrogen and oxygen atoms in total. The Morgan fingerprint density at radius 3 is 2.71 bits per heavy atom. The highest BCUT2D eigenvalue weighted by Crippen LogP contribution is 2.50. The molecule has 2 atom stereocenters. The summed E-state index contributed by atoms with van der Waals surface area (Å²) in [6.45, 7) is 0. The van der Waals surface area contributed by atoms with Gasteiger partial charge in [0.2, 0.25) is 11.8 Å². The van der Waals surface area contributed by atoms with Crippen LogP contribution in [-0.2, 0) is 4.79 Å². The van der Waals surface area contributed by atoms with E-state index in [1.54, 1.807) is 19.2 Å². The van der Waals surface area contributed by atoms with Gasteiger partial charge in [-0.25, -0.2) is 0 Å². The Bertz CT molecular complexity index is 807. The van der Waals surface area contributed by atoms with Gasteiger partial charge in [0.05, 0.1) is 17.7 Å². The van der Waals surface area contributed by atoms with Gasteiger partial charge >= 0.3 is 0 Å². The highest BCUT2D eigenvalue weighted by molar-refractivity contribution is 6.34. The second-order valence-electron chi connectivity index (χ2n) is 5.74. The first-order chi connectivity index (χ1) is 11.5. The standard InChI is InChI=1S/C18H17ClN2O3/c1-24-16-5-3-2-4-11(16)12-9-13(12)18(23)21-10-6-7-15(19)14(8-10)17(20)22/h2-8,12-13H,9H2,1H3,(H2,20,22)(H,21,23)/t12-,13+/m0/s1. The topological polar surface area (TPSA) is 81.4 Å². The second-order valence-corrected chi connectivity index (χ2v) is 6.15. The van der Waals surface area contributed by atoms with Crippen LogP contribution in [0.25, 0.3) is 0 Å². The van der Waals surface area contributed by atoms with E-state index in [0.717, 1.165) is 17.7 Å². The van der Waals surface area contributed by atoms with Gasteiger partial charge < -0.3 is 15.8 Å². The molecule has 0 spiro atoms. The summed E-state index contributed by atoms with van der Waals surface area (Å²) in [6, 6.07) is 12.4. The lowest BCUT2D eigenvalue weighted by Crippen LogP contribution is -2.16. The van der Waals surface area contributed by atoms with Gasteiger partial charge in [0.15, 0.2) is 0 Å². The molecule has 2 aromatic carbocycles. The smallest absolute Gasteiger partial charge is 0.250 e. The number of amides is 2. The molecule has 1 aliphatic rings. The summed E-state index contributed by atoms with van der Waals surface area (Å²) >= 11 is 5.91. The molecule has 0 unspecified atom stereocenters. The van der Waals surface area contributed by atoms with Crippen molar-refractivity contribution in [2.45, 2.75) is 12.3 Å². The van der Waals surface area contributed by atoms with E-state index in [1.165, 1.54) is 6.07 Å². The molecule has 1 fully saturated rings. The van der Waals surface area contributed by atoms with Crippen molar-refractivity contribution in [1.29, 1.82) is 0 Å². The number of para-hydroxylation sites is 1. The second kappa shape index (κ2) is 6.53. The number of anilines is 1. The van der Waals surface area contributed by atoms with Gasteiger partial charge in [-0.05, 0) is 42.2 Å². The van der Waals surface area contributed by atoms with Crippen molar-refractivity contribution in [2.75, 3.05) is 12.4 Å². The number of methoxy groups -OCH3 is 1. The van der Waals surface area contributed by atoms with Crippen LogP contribution < -0.4 is 15.8 Å². The average molecular weight is 345 g/mol. The maximum absolute atomic E-state index is 12.4. The lowest BCUT2D eigenvalue weighted by molar-refractivity contribution is -0.117. The molecule has 0 aliphatic heterocycles. The molecule has 0 saturated heterocycles. The minimum absolute atomic E-state index is 0.0938. The molecule has 24 heavy (non-hydrogen) atoms. The van der Waals surface area contributed by atoms with E-state index in [-0.39, 0.29) is 28.3 Å². The number of carbonyl (C=O) groups excluding carboxylic acids is 2. The van der Waals surface area contributed by atoms with Crippen LogP contribution in [0.1, 0.15) is 28.3 Å². The number of primary amides is 1. The quantitative estimate of drug-likeness (QED) is 0.874. The van der Waals surface area contributed by atoms with Crippen LogP contribution in [0.3, 0.4) is 0 Å². The summed E-state index contributed by atoms with van der Waals surface area (Å²) in [5.74, 6) is 0.0939. The Labute approximate surface area is 144 Å². The monoisotopic (exact) mass is 344 g/mol. The largest absolute Gasteiger partial charge is 0.496 e. The fraction of sp³-hybridized carbons (Fsp3) is 0.222. The molecule has 1 saturated carbocycles. The van der Waals surface area contributed by atoms with E-state index in [2.05, 4.69) is 5.32 Å². The SMILES string of the molecule is COc1ccccc1[C@@H]1C[C@H]1C(=O)Nc1ccc(Cl)c(C(N)=O)c1. The fourth-order valence-corrected chi connectivity index (χ4v) is 3.04. The Morgan fingerprint density at radius 1 is 1.25 bits per heavy atom. The zero-order chi connectivity index (χ0) is 17.3. The first-order valence-corrected chi connectivity index (χ1v) is 7.92. The third-order valence-electron chi connectivity index (χ3n) is 4.16. The predicted octanol–water partition coefficient (Wildman–Crippen LogP) is 3.19. The lowest BCUT2D eigenvalue weighted by atomic mass is 10.1. The van der Waals surface area contributed by atoms with Gasteiger partial charge in [0.1, 0.15) is 5.75 Å². The molecule has 6 heteroatoms. The van der Waals surface area contributed by atoms with Crippen LogP contribution in [0.2, 0.25) is 5.02 Å². The minimum atomic E-state index is -0.630. The van der Waals surface area contributed by atoms with Gasteiger partial charge in [-0.3, -0.25) is 9.59 Å². The van der Waals surface area contributed by atoms with Crippen LogP contribution in [-0.4, -0.2) is 18.9 Å². The maximum atomic E-state index is 12.4.